The molecule has 64 valence electrons. The summed E-state index contributed by atoms with van der Waals surface area (Å²) in [6.07, 6.45) is 0. The Bertz CT molecular complexity index is 156. The maximum Gasteiger partial charge on any atom is 0.185 e. The van der Waals surface area contributed by atoms with E-state index in [4.69, 9.17) is 21.3 Å². The highest BCUT2D eigenvalue weighted by Gasteiger charge is 2.37. The van der Waals surface area contributed by atoms with Crippen LogP contribution in [0.15, 0.2) is 4.99 Å². The van der Waals surface area contributed by atoms with Crippen molar-refractivity contribution in [2.45, 2.75) is 0 Å². The summed E-state index contributed by atoms with van der Waals surface area (Å²) in [5, 5.41) is 8.92. The molecule has 0 bridgehead atoms. The Balaban J connectivity index is 2.39. The van der Waals surface area contributed by atoms with Crippen LogP contribution in [-0.4, -0.2) is 37.4 Å². The van der Waals surface area contributed by atoms with Crippen LogP contribution in [0, 0.1) is 5.41 Å². The zero-order valence-corrected chi connectivity index (χ0v) is 6.29. The van der Waals surface area contributed by atoms with E-state index in [1.54, 1.807) is 0 Å². The molecule has 5 N–H and O–H groups in total. The van der Waals surface area contributed by atoms with Crippen LogP contribution >= 0.6 is 0 Å². The van der Waals surface area contributed by atoms with Gasteiger partial charge in [-0.3, -0.25) is 4.99 Å². The molecular weight excluding hydrogens is 146 g/mol. The molecule has 0 saturated carbocycles. The fourth-order valence-electron chi connectivity index (χ4n) is 0.882. The van der Waals surface area contributed by atoms with E-state index in [1.807, 2.05) is 0 Å². The average Bonchev–Trinajstić information content (AvgIpc) is 1.86. The second-order valence-electron chi connectivity index (χ2n) is 2.89. The average molecular weight is 159 g/mol. The van der Waals surface area contributed by atoms with Gasteiger partial charge < -0.3 is 21.3 Å². The quantitative estimate of drug-likeness (QED) is 0.337. The van der Waals surface area contributed by atoms with E-state index in [-0.39, 0.29) is 18.0 Å². The van der Waals surface area contributed by atoms with E-state index >= 15 is 0 Å². The molecule has 5 nitrogen and oxygen atoms in total. The molecule has 1 heterocycles. The van der Waals surface area contributed by atoms with Crippen molar-refractivity contribution in [2.24, 2.45) is 21.9 Å². The maximum atomic E-state index is 8.92. The molecule has 0 unspecified atom stereocenters. The topological polar surface area (TPSA) is 93.9 Å². The number of ether oxygens (including phenoxy) is 1. The van der Waals surface area contributed by atoms with Crippen molar-refractivity contribution in [1.82, 2.24) is 0 Å². The summed E-state index contributed by atoms with van der Waals surface area (Å²) < 4.78 is 4.95. The van der Waals surface area contributed by atoms with Crippen LogP contribution in [0.3, 0.4) is 0 Å². The van der Waals surface area contributed by atoms with Crippen molar-refractivity contribution in [2.75, 3.05) is 26.4 Å². The van der Waals surface area contributed by atoms with Gasteiger partial charge in [0.1, 0.15) is 0 Å². The van der Waals surface area contributed by atoms with Crippen molar-refractivity contribution in [3.8, 4) is 0 Å². The van der Waals surface area contributed by atoms with E-state index < -0.39 is 0 Å². The summed E-state index contributed by atoms with van der Waals surface area (Å²) >= 11 is 0. The Labute approximate surface area is 65.0 Å². The number of nitrogens with zero attached hydrogens (tertiary/aromatic N) is 1. The number of aliphatic imine (C=N–C) groups is 1. The van der Waals surface area contributed by atoms with Gasteiger partial charge in [0, 0.05) is 0 Å². The molecule has 5 heteroatoms. The summed E-state index contributed by atoms with van der Waals surface area (Å²) in [5.74, 6) is 0.0599. The van der Waals surface area contributed by atoms with Crippen LogP contribution in [0.5, 0.6) is 0 Å². The van der Waals surface area contributed by atoms with Gasteiger partial charge in [-0.05, 0) is 0 Å². The molecule has 1 rings (SSSR count). The minimum absolute atomic E-state index is 0.0599. The van der Waals surface area contributed by atoms with E-state index in [1.165, 1.54) is 0 Å². The van der Waals surface area contributed by atoms with Crippen molar-refractivity contribution in [3.63, 3.8) is 0 Å². The van der Waals surface area contributed by atoms with Crippen molar-refractivity contribution >= 4 is 5.96 Å². The van der Waals surface area contributed by atoms with Gasteiger partial charge in [0.2, 0.25) is 0 Å². The monoisotopic (exact) mass is 159 g/mol. The van der Waals surface area contributed by atoms with Crippen LogP contribution < -0.4 is 11.5 Å². The van der Waals surface area contributed by atoms with Crippen LogP contribution in [0.25, 0.3) is 0 Å². The van der Waals surface area contributed by atoms with Gasteiger partial charge in [-0.25, -0.2) is 0 Å². The van der Waals surface area contributed by atoms with Gasteiger partial charge in [-0.1, -0.05) is 0 Å². The molecule has 1 aliphatic heterocycles. The number of hydrogen-bond acceptors (Lipinski definition) is 3. The number of aliphatic hydroxyl groups excluding tert-OH is 1. The first-order valence-corrected chi connectivity index (χ1v) is 3.42. The Kier molecular flexibility index (Phi) is 2.31. The van der Waals surface area contributed by atoms with Crippen LogP contribution in [-0.2, 0) is 4.74 Å². The normalized spacial score (nSPS) is 20.5. The fraction of sp³-hybridized carbons (Fsp3) is 0.833. The molecule has 0 amide bonds. The van der Waals surface area contributed by atoms with Gasteiger partial charge in [0.15, 0.2) is 5.96 Å². The number of guanidine groups is 1. The number of hydrogen-bond donors (Lipinski definition) is 3. The predicted molar refractivity (Wildman–Crippen MR) is 41.0 cm³/mol. The van der Waals surface area contributed by atoms with Gasteiger partial charge in [-0.15, -0.1) is 0 Å². The Morgan fingerprint density at radius 3 is 2.45 bits per heavy atom. The van der Waals surface area contributed by atoms with E-state index in [9.17, 15) is 0 Å². The highest BCUT2D eigenvalue weighted by Crippen LogP contribution is 2.26. The molecule has 0 radical (unpaired) electrons. The third-order valence-corrected chi connectivity index (χ3v) is 1.75. The number of aliphatic hydroxyl groups is 1. The molecule has 1 fully saturated rings. The molecule has 1 aliphatic rings. The van der Waals surface area contributed by atoms with Crippen LogP contribution in [0.4, 0.5) is 0 Å². The first-order valence-electron chi connectivity index (χ1n) is 3.42. The fourth-order valence-corrected chi connectivity index (χ4v) is 0.882. The van der Waals surface area contributed by atoms with Crippen molar-refractivity contribution in [3.05, 3.63) is 0 Å². The SMILES string of the molecule is NC(N)=NCC1(CO)COC1. The van der Waals surface area contributed by atoms with Gasteiger partial charge >= 0.3 is 0 Å². The standard InChI is InChI=1S/C6H13N3O2/c7-5(8)9-1-6(2-10)3-11-4-6/h10H,1-4H2,(H4,7,8,9). The molecule has 0 aliphatic carbocycles. The lowest BCUT2D eigenvalue weighted by Gasteiger charge is -2.38. The molecule has 0 aromatic carbocycles. The second-order valence-corrected chi connectivity index (χ2v) is 2.89. The summed E-state index contributed by atoms with van der Waals surface area (Å²) in [6, 6.07) is 0. The molecule has 1 saturated heterocycles. The zero-order valence-electron chi connectivity index (χ0n) is 6.29. The lowest BCUT2D eigenvalue weighted by Crippen LogP contribution is -2.48. The smallest absolute Gasteiger partial charge is 0.185 e. The Morgan fingerprint density at radius 2 is 2.18 bits per heavy atom. The Hall–Kier alpha value is -0.810. The van der Waals surface area contributed by atoms with Crippen LogP contribution in [0.1, 0.15) is 0 Å². The van der Waals surface area contributed by atoms with E-state index in [0.717, 1.165) is 0 Å². The molecule has 11 heavy (non-hydrogen) atoms. The minimum atomic E-state index is -0.218. The Morgan fingerprint density at radius 1 is 1.55 bits per heavy atom. The molecular formula is C6H13N3O2. The molecule has 0 aromatic rings. The van der Waals surface area contributed by atoms with Crippen LogP contribution in [0.2, 0.25) is 0 Å². The first-order chi connectivity index (χ1) is 5.18. The highest BCUT2D eigenvalue weighted by molar-refractivity contribution is 5.75. The summed E-state index contributed by atoms with van der Waals surface area (Å²) in [4.78, 5) is 3.82. The summed E-state index contributed by atoms with van der Waals surface area (Å²) in [5.41, 5.74) is 10.1. The van der Waals surface area contributed by atoms with Crippen molar-refractivity contribution < 1.29 is 9.84 Å². The van der Waals surface area contributed by atoms with Gasteiger partial charge in [0.05, 0.1) is 31.8 Å². The lowest BCUT2D eigenvalue weighted by atomic mass is 9.87. The third kappa shape index (κ3) is 1.81. The molecule has 0 spiro atoms. The van der Waals surface area contributed by atoms with E-state index in [0.29, 0.717) is 19.8 Å². The maximum absolute atomic E-state index is 8.92. The minimum Gasteiger partial charge on any atom is -0.396 e. The third-order valence-electron chi connectivity index (χ3n) is 1.75. The van der Waals surface area contributed by atoms with E-state index in [2.05, 4.69) is 4.99 Å². The van der Waals surface area contributed by atoms with Gasteiger partial charge in [-0.2, -0.15) is 0 Å². The number of rotatable bonds is 3. The lowest BCUT2D eigenvalue weighted by molar-refractivity contribution is -0.130. The summed E-state index contributed by atoms with van der Waals surface area (Å²) in [6.45, 7) is 1.61. The highest BCUT2D eigenvalue weighted by atomic mass is 16.5. The largest absolute Gasteiger partial charge is 0.396 e. The zero-order chi connectivity index (χ0) is 8.32. The van der Waals surface area contributed by atoms with Crippen molar-refractivity contribution in [1.29, 1.82) is 0 Å². The molecule has 0 atom stereocenters. The number of nitrogens with two attached hydrogens (primary N) is 2. The summed E-state index contributed by atoms with van der Waals surface area (Å²) in [7, 11) is 0. The first kappa shape index (κ1) is 8.29. The predicted octanol–water partition coefficient (Wildman–Crippen LogP) is -1.73. The molecule has 0 aromatic heterocycles. The van der Waals surface area contributed by atoms with Gasteiger partial charge in [0.25, 0.3) is 0 Å². The second kappa shape index (κ2) is 3.06.